The summed E-state index contributed by atoms with van der Waals surface area (Å²) in [6.07, 6.45) is 38.0. The first kappa shape index (κ1) is 63.3. The van der Waals surface area contributed by atoms with Gasteiger partial charge in [0.25, 0.3) is 0 Å². The molecule has 9 N–H and O–H groups in total. The van der Waals surface area contributed by atoms with Crippen LogP contribution in [-0.4, -0.2) is 140 Å². The van der Waals surface area contributed by atoms with Gasteiger partial charge in [-0.15, -0.1) is 0 Å². The fourth-order valence-corrected chi connectivity index (χ4v) is 8.26. The molecule has 402 valence electrons. The van der Waals surface area contributed by atoms with Crippen LogP contribution in [0.15, 0.2) is 85.1 Å². The van der Waals surface area contributed by atoms with Gasteiger partial charge in [-0.2, -0.15) is 0 Å². The summed E-state index contributed by atoms with van der Waals surface area (Å²) < 4.78 is 22.6. The number of rotatable bonds is 40. The van der Waals surface area contributed by atoms with Crippen molar-refractivity contribution in [2.24, 2.45) is 0 Å². The van der Waals surface area contributed by atoms with Gasteiger partial charge in [0.05, 0.1) is 32.0 Å². The number of unbranched alkanes of at least 4 members (excludes halogenated alkanes) is 16. The van der Waals surface area contributed by atoms with Gasteiger partial charge in [-0.1, -0.05) is 189 Å². The van der Waals surface area contributed by atoms with E-state index in [1.54, 1.807) is 12.2 Å². The first-order valence-electron chi connectivity index (χ1n) is 26.8. The van der Waals surface area contributed by atoms with E-state index in [1.165, 1.54) is 96.3 Å². The molecule has 14 nitrogen and oxygen atoms in total. The lowest BCUT2D eigenvalue weighted by atomic mass is 9.97. The van der Waals surface area contributed by atoms with E-state index in [0.717, 1.165) is 38.5 Å². The summed E-state index contributed by atoms with van der Waals surface area (Å²) >= 11 is 0. The van der Waals surface area contributed by atoms with Crippen LogP contribution < -0.4 is 5.32 Å². The monoisotopic (exact) mass is 990 g/mol. The summed E-state index contributed by atoms with van der Waals surface area (Å²) in [4.78, 5) is 13.1. The second-order valence-electron chi connectivity index (χ2n) is 18.6. The lowest BCUT2D eigenvalue weighted by Crippen LogP contribution is -2.65. The average molecular weight is 990 g/mol. The van der Waals surface area contributed by atoms with Crippen LogP contribution in [-0.2, 0) is 23.7 Å². The highest BCUT2D eigenvalue weighted by Crippen LogP contribution is 2.30. The molecule has 0 aliphatic carbocycles. The number of aliphatic hydroxyl groups excluding tert-OH is 8. The Hall–Kier alpha value is -2.83. The second-order valence-corrected chi connectivity index (χ2v) is 18.6. The highest BCUT2D eigenvalue weighted by atomic mass is 16.7. The van der Waals surface area contributed by atoms with Crippen molar-refractivity contribution in [3.63, 3.8) is 0 Å². The van der Waals surface area contributed by atoms with Crippen LogP contribution in [0.25, 0.3) is 0 Å². The second kappa shape index (κ2) is 41.6. The van der Waals surface area contributed by atoms with Crippen LogP contribution in [0.5, 0.6) is 0 Å². The summed E-state index contributed by atoms with van der Waals surface area (Å²) in [5.41, 5.74) is 0. The number of aliphatic hydroxyl groups is 8. The number of hydrogen-bond acceptors (Lipinski definition) is 13. The summed E-state index contributed by atoms with van der Waals surface area (Å²) in [6.45, 7) is 2.58. The van der Waals surface area contributed by atoms with Crippen molar-refractivity contribution in [2.75, 3.05) is 19.8 Å². The number of amides is 1. The average Bonchev–Trinajstić information content (AvgIpc) is 3.36. The van der Waals surface area contributed by atoms with E-state index in [0.29, 0.717) is 12.8 Å². The van der Waals surface area contributed by atoms with Crippen LogP contribution in [0.3, 0.4) is 0 Å². The quantitative estimate of drug-likeness (QED) is 0.0212. The van der Waals surface area contributed by atoms with Crippen molar-refractivity contribution in [1.82, 2.24) is 5.32 Å². The number of ether oxygens (including phenoxy) is 4. The molecule has 2 rings (SSSR count). The van der Waals surface area contributed by atoms with Crippen LogP contribution >= 0.6 is 0 Å². The first-order valence-corrected chi connectivity index (χ1v) is 26.8. The topological polar surface area (TPSA) is 228 Å². The highest BCUT2D eigenvalue weighted by Gasteiger charge is 2.51. The minimum absolute atomic E-state index is 0.0371. The molecule has 0 saturated carbocycles. The molecule has 0 aromatic heterocycles. The Morgan fingerprint density at radius 3 is 1.54 bits per heavy atom. The summed E-state index contributed by atoms with van der Waals surface area (Å²) in [7, 11) is 0. The fraction of sp³-hybridized carbons (Fsp3) is 0.732. The molecule has 0 aromatic rings. The lowest BCUT2D eigenvalue weighted by molar-refractivity contribution is -0.359. The molecule has 2 heterocycles. The Morgan fingerprint density at radius 2 is 1.00 bits per heavy atom. The van der Waals surface area contributed by atoms with Crippen molar-refractivity contribution in [3.05, 3.63) is 85.1 Å². The van der Waals surface area contributed by atoms with Crippen molar-refractivity contribution in [3.8, 4) is 0 Å². The molecule has 2 aliphatic rings. The molecular formula is C56H95NO13. The molecule has 0 bridgehead atoms. The zero-order chi connectivity index (χ0) is 51.0. The van der Waals surface area contributed by atoms with Gasteiger partial charge in [0.1, 0.15) is 48.8 Å². The van der Waals surface area contributed by atoms with E-state index in [2.05, 4.69) is 73.8 Å². The zero-order valence-corrected chi connectivity index (χ0v) is 42.7. The predicted molar refractivity (Wildman–Crippen MR) is 276 cm³/mol. The summed E-state index contributed by atoms with van der Waals surface area (Å²) in [5.74, 6) is -0.379. The number of nitrogens with one attached hydrogen (secondary N) is 1. The molecule has 0 radical (unpaired) electrons. The number of allylic oxidation sites excluding steroid dienone is 12. The van der Waals surface area contributed by atoms with Gasteiger partial charge in [0.2, 0.25) is 5.91 Å². The van der Waals surface area contributed by atoms with Gasteiger partial charge in [0, 0.05) is 6.42 Å². The van der Waals surface area contributed by atoms with Gasteiger partial charge >= 0.3 is 0 Å². The molecule has 1 amide bonds. The largest absolute Gasteiger partial charge is 0.394 e. The highest BCUT2D eigenvalue weighted by molar-refractivity contribution is 5.77. The van der Waals surface area contributed by atoms with Gasteiger partial charge in [0.15, 0.2) is 12.6 Å². The number of carbonyl (C=O) groups excluding carboxylic acids is 1. The third-order valence-corrected chi connectivity index (χ3v) is 12.6. The summed E-state index contributed by atoms with van der Waals surface area (Å²) in [5, 5.41) is 86.7. The molecule has 12 atom stereocenters. The molecule has 14 heteroatoms. The maximum absolute atomic E-state index is 13.1. The third-order valence-electron chi connectivity index (χ3n) is 12.6. The van der Waals surface area contributed by atoms with Crippen molar-refractivity contribution in [1.29, 1.82) is 0 Å². The smallest absolute Gasteiger partial charge is 0.224 e. The number of hydrogen-bond donors (Lipinski definition) is 9. The van der Waals surface area contributed by atoms with Gasteiger partial charge in [-0.25, -0.2) is 0 Å². The Labute approximate surface area is 420 Å². The molecular weight excluding hydrogens is 895 g/mol. The van der Waals surface area contributed by atoms with E-state index in [9.17, 15) is 45.6 Å². The molecule has 2 saturated heterocycles. The first-order chi connectivity index (χ1) is 34.1. The normalized spacial score (nSPS) is 26.7. The minimum atomic E-state index is -1.80. The zero-order valence-electron chi connectivity index (χ0n) is 42.7. The van der Waals surface area contributed by atoms with Gasteiger partial charge in [-0.3, -0.25) is 4.79 Å². The Kier molecular flexibility index (Phi) is 37.6. The lowest BCUT2D eigenvalue weighted by Gasteiger charge is -2.46. The maximum Gasteiger partial charge on any atom is 0.224 e. The molecule has 0 aromatic carbocycles. The van der Waals surface area contributed by atoms with Crippen LogP contribution in [0.4, 0.5) is 0 Å². The summed E-state index contributed by atoms with van der Waals surface area (Å²) in [6, 6.07) is -0.990. The van der Waals surface area contributed by atoms with Crippen LogP contribution in [0.1, 0.15) is 168 Å². The van der Waals surface area contributed by atoms with E-state index >= 15 is 0 Å². The van der Waals surface area contributed by atoms with Gasteiger partial charge in [-0.05, 0) is 57.8 Å². The molecule has 0 spiro atoms. The van der Waals surface area contributed by atoms with Crippen molar-refractivity contribution in [2.45, 2.75) is 242 Å². The van der Waals surface area contributed by atoms with E-state index < -0.39 is 86.8 Å². The van der Waals surface area contributed by atoms with E-state index in [-0.39, 0.29) is 18.9 Å². The Bertz CT molecular complexity index is 1500. The van der Waals surface area contributed by atoms with Crippen LogP contribution in [0.2, 0.25) is 0 Å². The molecule has 2 fully saturated rings. The van der Waals surface area contributed by atoms with Crippen molar-refractivity contribution >= 4 is 5.91 Å². The Morgan fingerprint density at radius 1 is 0.529 bits per heavy atom. The Balaban J connectivity index is 1.87. The molecule has 70 heavy (non-hydrogen) atoms. The van der Waals surface area contributed by atoms with Crippen LogP contribution in [0, 0.1) is 0 Å². The molecule has 2 aliphatic heterocycles. The standard InChI is InChI=1S/C56H95NO13/c1-3-5-7-9-11-13-15-17-19-20-21-22-23-24-26-27-29-31-33-35-37-39-45(60)44(57-48(61)40-38-36-34-32-30-28-25-18-16-14-12-10-8-6-4-2)43-67-55-53(66)51(64)54(47(42-59)69-55)70-56-52(65)50(63)49(62)46(41-58)68-56/h6,8,12,14,18,25,29-32,36-39,44-47,49-56,58-60,62-66H,3-5,7,9-11,13,15-17,19-24,26-28,33-35,40-43H2,1-2H3,(H,57,61)/b8-6-,14-12-,25-18-,31-29+,32-30-,38-36-,39-37+. The number of carbonyl (C=O) groups is 1. The third kappa shape index (κ3) is 27.8. The minimum Gasteiger partial charge on any atom is -0.394 e. The maximum atomic E-state index is 13.1. The van der Waals surface area contributed by atoms with E-state index in [4.69, 9.17) is 18.9 Å². The van der Waals surface area contributed by atoms with Gasteiger partial charge < -0.3 is 65.1 Å². The SMILES string of the molecule is CC/C=C\C/C=C\C/C=C\C/C=C\C/C=C\CC(=O)NC(COC1OC(CO)C(OC2OC(CO)C(O)C(O)C2O)C(O)C1O)C(O)/C=C/CC/C=C/CCCCCCCCCCCCCCCCC. The molecule has 12 unspecified atom stereocenters. The predicted octanol–water partition coefficient (Wildman–Crippen LogP) is 7.77. The fourth-order valence-electron chi connectivity index (χ4n) is 8.26. The van der Waals surface area contributed by atoms with E-state index in [1.807, 2.05) is 18.2 Å². The van der Waals surface area contributed by atoms with Crippen molar-refractivity contribution < 1.29 is 64.6 Å².